The summed E-state index contributed by atoms with van der Waals surface area (Å²) in [6.07, 6.45) is 3.35. The van der Waals surface area contributed by atoms with Gasteiger partial charge in [0.1, 0.15) is 6.10 Å². The van der Waals surface area contributed by atoms with Crippen LogP contribution < -0.4 is 9.47 Å². The molecule has 1 aliphatic heterocycles. The number of rotatable bonds is 5. The van der Waals surface area contributed by atoms with Crippen LogP contribution >= 0.6 is 12.2 Å². The average molecular weight is 350 g/mol. The molecule has 1 atom stereocenters. The van der Waals surface area contributed by atoms with Gasteiger partial charge in [-0.1, -0.05) is 0 Å². The molecular formula is C15H18N4O4S. The second kappa shape index (κ2) is 7.02. The van der Waals surface area contributed by atoms with Gasteiger partial charge in [-0.2, -0.15) is 14.9 Å². The smallest absolute Gasteiger partial charge is 0.216 e. The van der Waals surface area contributed by atoms with E-state index >= 15 is 0 Å². The molecule has 1 aromatic carbocycles. The van der Waals surface area contributed by atoms with E-state index in [-0.39, 0.29) is 11.9 Å². The van der Waals surface area contributed by atoms with Gasteiger partial charge in [0, 0.05) is 12.2 Å². The van der Waals surface area contributed by atoms with Crippen molar-refractivity contribution >= 4 is 18.4 Å². The predicted molar refractivity (Wildman–Crippen MR) is 89.5 cm³/mol. The van der Waals surface area contributed by atoms with E-state index in [1.807, 2.05) is 0 Å². The van der Waals surface area contributed by atoms with E-state index in [4.69, 9.17) is 26.4 Å². The first kappa shape index (κ1) is 16.5. The highest BCUT2D eigenvalue weighted by atomic mass is 32.1. The van der Waals surface area contributed by atoms with Gasteiger partial charge < -0.3 is 19.3 Å². The number of nitrogens with zero attached hydrogens (tertiary/aromatic N) is 3. The normalized spacial score (nSPS) is 17.5. The van der Waals surface area contributed by atoms with Crippen molar-refractivity contribution < 1.29 is 19.3 Å². The highest BCUT2D eigenvalue weighted by Gasteiger charge is 2.23. The van der Waals surface area contributed by atoms with Crippen LogP contribution in [0.2, 0.25) is 0 Å². The van der Waals surface area contributed by atoms with Gasteiger partial charge in [0.25, 0.3) is 0 Å². The SMILES string of the molecule is COc1cc(/C=N/n2c([C@@H]3CCCO3)n[nH]c2=S)cc(OC)c1O. The molecule has 2 N–H and O–H groups in total. The molecule has 0 spiro atoms. The van der Waals surface area contributed by atoms with Crippen molar-refractivity contribution in [2.24, 2.45) is 5.10 Å². The predicted octanol–water partition coefficient (Wildman–Crippen LogP) is 2.40. The number of methoxy groups -OCH3 is 2. The number of ether oxygens (including phenoxy) is 3. The fraction of sp³-hybridized carbons (Fsp3) is 0.400. The maximum atomic E-state index is 9.95. The van der Waals surface area contributed by atoms with E-state index in [1.165, 1.54) is 18.9 Å². The van der Waals surface area contributed by atoms with E-state index in [1.54, 1.807) is 18.3 Å². The number of hydrogen-bond donors (Lipinski definition) is 2. The largest absolute Gasteiger partial charge is 0.502 e. The molecule has 1 aromatic heterocycles. The minimum absolute atomic E-state index is 0.0582. The number of aromatic hydroxyl groups is 1. The van der Waals surface area contributed by atoms with Gasteiger partial charge in [0.15, 0.2) is 17.3 Å². The standard InChI is InChI=1S/C15H18N4O4S/c1-21-11-6-9(7-12(22-2)13(11)20)8-16-19-14(17-18-15(19)24)10-4-3-5-23-10/h6-8,10,20H,3-5H2,1-2H3,(H,18,24)/b16-8+/t10-/m0/s1. The lowest BCUT2D eigenvalue weighted by Gasteiger charge is -2.09. The zero-order valence-corrected chi connectivity index (χ0v) is 14.2. The Labute approximate surface area is 143 Å². The minimum atomic E-state index is -0.112. The van der Waals surface area contributed by atoms with Gasteiger partial charge in [0.2, 0.25) is 10.5 Å². The van der Waals surface area contributed by atoms with E-state index in [9.17, 15) is 5.11 Å². The molecule has 24 heavy (non-hydrogen) atoms. The molecule has 3 rings (SSSR count). The average Bonchev–Trinajstić information content (AvgIpc) is 3.23. The second-order valence-corrected chi connectivity index (χ2v) is 5.61. The van der Waals surface area contributed by atoms with Gasteiger partial charge >= 0.3 is 0 Å². The van der Waals surface area contributed by atoms with Crippen molar-refractivity contribution in [1.82, 2.24) is 14.9 Å². The molecule has 0 saturated carbocycles. The molecule has 0 amide bonds. The maximum absolute atomic E-state index is 9.95. The Morgan fingerprint density at radius 1 is 1.42 bits per heavy atom. The molecule has 9 heteroatoms. The summed E-state index contributed by atoms with van der Waals surface area (Å²) < 4.78 is 17.8. The number of nitrogens with one attached hydrogen (secondary N) is 1. The van der Waals surface area contributed by atoms with Gasteiger partial charge in [-0.15, -0.1) is 0 Å². The molecule has 1 saturated heterocycles. The lowest BCUT2D eigenvalue weighted by molar-refractivity contribution is 0.102. The maximum Gasteiger partial charge on any atom is 0.216 e. The summed E-state index contributed by atoms with van der Waals surface area (Å²) in [5.74, 6) is 1.18. The van der Waals surface area contributed by atoms with Crippen LogP contribution in [0.25, 0.3) is 0 Å². The summed E-state index contributed by atoms with van der Waals surface area (Å²) in [5.41, 5.74) is 0.683. The summed E-state index contributed by atoms with van der Waals surface area (Å²) >= 11 is 5.23. The van der Waals surface area contributed by atoms with Crippen molar-refractivity contribution in [2.45, 2.75) is 18.9 Å². The first-order valence-corrected chi connectivity index (χ1v) is 7.83. The molecule has 1 aliphatic rings. The van der Waals surface area contributed by atoms with E-state index < -0.39 is 0 Å². The number of aromatic amines is 1. The van der Waals surface area contributed by atoms with Crippen LogP contribution in [0.15, 0.2) is 17.2 Å². The highest BCUT2D eigenvalue weighted by Crippen LogP contribution is 2.36. The molecule has 0 aliphatic carbocycles. The third-order valence-electron chi connectivity index (χ3n) is 3.72. The molecule has 1 fully saturated rings. The van der Waals surface area contributed by atoms with Gasteiger partial charge in [-0.25, -0.2) is 0 Å². The summed E-state index contributed by atoms with van der Waals surface area (Å²) in [6, 6.07) is 3.30. The summed E-state index contributed by atoms with van der Waals surface area (Å²) in [5, 5.41) is 21.3. The number of phenolic OH excluding ortho intramolecular Hbond substituents is 1. The van der Waals surface area contributed by atoms with Crippen LogP contribution in [-0.2, 0) is 4.74 Å². The second-order valence-electron chi connectivity index (χ2n) is 5.22. The monoisotopic (exact) mass is 350 g/mol. The fourth-order valence-corrected chi connectivity index (χ4v) is 2.70. The number of aromatic nitrogens is 3. The molecule has 0 unspecified atom stereocenters. The fourth-order valence-electron chi connectivity index (χ4n) is 2.52. The number of phenols is 1. The molecule has 0 radical (unpaired) electrons. The Kier molecular flexibility index (Phi) is 4.81. The molecule has 2 heterocycles. The quantitative estimate of drug-likeness (QED) is 0.635. The Hall–Kier alpha value is -2.39. The Bertz CT molecular complexity index is 783. The first-order chi connectivity index (χ1) is 11.6. The van der Waals surface area contributed by atoms with Crippen LogP contribution in [0.3, 0.4) is 0 Å². The lowest BCUT2D eigenvalue weighted by atomic mass is 10.2. The van der Waals surface area contributed by atoms with Gasteiger partial charge in [-0.3, -0.25) is 5.10 Å². The number of benzene rings is 1. The Morgan fingerprint density at radius 2 is 2.12 bits per heavy atom. The molecule has 8 nitrogen and oxygen atoms in total. The van der Waals surface area contributed by atoms with Crippen LogP contribution in [0.5, 0.6) is 17.2 Å². The zero-order chi connectivity index (χ0) is 17.1. The van der Waals surface area contributed by atoms with Crippen molar-refractivity contribution in [3.05, 3.63) is 28.3 Å². The Balaban J connectivity index is 1.94. The zero-order valence-electron chi connectivity index (χ0n) is 13.4. The van der Waals surface area contributed by atoms with E-state index in [0.717, 1.165) is 12.8 Å². The third-order valence-corrected chi connectivity index (χ3v) is 3.98. The Morgan fingerprint density at radius 3 is 2.71 bits per heavy atom. The third kappa shape index (κ3) is 3.13. The van der Waals surface area contributed by atoms with E-state index in [0.29, 0.717) is 34.3 Å². The van der Waals surface area contributed by atoms with Crippen LogP contribution in [-0.4, -0.2) is 47.0 Å². The molecule has 128 valence electrons. The van der Waals surface area contributed by atoms with Gasteiger partial charge in [0.05, 0.1) is 20.4 Å². The van der Waals surface area contributed by atoms with Crippen LogP contribution in [0, 0.1) is 4.77 Å². The first-order valence-electron chi connectivity index (χ1n) is 7.42. The van der Waals surface area contributed by atoms with E-state index in [2.05, 4.69) is 15.3 Å². The van der Waals surface area contributed by atoms with Crippen molar-refractivity contribution in [3.8, 4) is 17.2 Å². The van der Waals surface area contributed by atoms with Crippen LogP contribution in [0.4, 0.5) is 0 Å². The van der Waals surface area contributed by atoms with Gasteiger partial charge in [-0.05, 0) is 37.2 Å². The summed E-state index contributed by atoms with van der Waals surface area (Å²) in [7, 11) is 2.94. The van der Waals surface area contributed by atoms with Crippen molar-refractivity contribution in [3.63, 3.8) is 0 Å². The number of hydrogen-bond acceptors (Lipinski definition) is 7. The highest BCUT2D eigenvalue weighted by molar-refractivity contribution is 7.71. The summed E-state index contributed by atoms with van der Waals surface area (Å²) in [6.45, 7) is 0.709. The van der Waals surface area contributed by atoms with Crippen LogP contribution in [0.1, 0.15) is 30.3 Å². The molecular weight excluding hydrogens is 332 g/mol. The molecule has 2 aromatic rings. The number of H-pyrrole nitrogens is 1. The topological polar surface area (TPSA) is 93.9 Å². The summed E-state index contributed by atoms with van der Waals surface area (Å²) in [4.78, 5) is 0. The molecule has 0 bridgehead atoms. The van der Waals surface area contributed by atoms with Crippen molar-refractivity contribution in [2.75, 3.05) is 20.8 Å². The minimum Gasteiger partial charge on any atom is -0.502 e. The lowest BCUT2D eigenvalue weighted by Crippen LogP contribution is -2.05. The van der Waals surface area contributed by atoms with Crippen molar-refractivity contribution in [1.29, 1.82) is 0 Å².